The van der Waals surface area contributed by atoms with Gasteiger partial charge < -0.3 is 10.1 Å². The highest BCUT2D eigenvalue weighted by Gasteiger charge is 2.12. The molecule has 1 saturated heterocycles. The quantitative estimate of drug-likeness (QED) is 0.922. The molecule has 0 aliphatic carbocycles. The summed E-state index contributed by atoms with van der Waals surface area (Å²) in [5.41, 5.74) is 0.868. The average Bonchev–Trinajstić information content (AvgIpc) is 2.29. The van der Waals surface area contributed by atoms with E-state index in [1.807, 2.05) is 6.07 Å². The zero-order valence-corrected chi connectivity index (χ0v) is 11.3. The van der Waals surface area contributed by atoms with E-state index in [2.05, 4.69) is 21.2 Å². The largest absolute Gasteiger partial charge is 0.375 e. The standard InChI is InChI=1S/C13H17BrFNO/c14-11-5-10(6-12(15)7-11)8-17-9-13-3-1-2-4-16-13/h5-7,13,16H,1-4,8-9H2. The Morgan fingerprint density at radius 3 is 2.94 bits per heavy atom. The van der Waals surface area contributed by atoms with E-state index in [9.17, 15) is 4.39 Å². The van der Waals surface area contributed by atoms with Crippen molar-refractivity contribution in [3.05, 3.63) is 34.1 Å². The van der Waals surface area contributed by atoms with Crippen molar-refractivity contribution in [3.63, 3.8) is 0 Å². The van der Waals surface area contributed by atoms with Gasteiger partial charge in [-0.15, -0.1) is 0 Å². The number of piperidine rings is 1. The molecule has 1 aromatic rings. The van der Waals surface area contributed by atoms with Crippen LogP contribution in [0.4, 0.5) is 4.39 Å². The maximum atomic E-state index is 13.1. The molecule has 1 atom stereocenters. The third-order valence-electron chi connectivity index (χ3n) is 2.92. The first kappa shape index (κ1) is 13.0. The normalized spacial score (nSPS) is 20.5. The highest BCUT2D eigenvalue weighted by atomic mass is 79.9. The van der Waals surface area contributed by atoms with Gasteiger partial charge in [0, 0.05) is 10.5 Å². The van der Waals surface area contributed by atoms with E-state index in [4.69, 9.17) is 4.74 Å². The van der Waals surface area contributed by atoms with Crippen molar-refractivity contribution >= 4 is 15.9 Å². The van der Waals surface area contributed by atoms with Crippen LogP contribution in [0.1, 0.15) is 24.8 Å². The van der Waals surface area contributed by atoms with Crippen LogP contribution in [0.25, 0.3) is 0 Å². The van der Waals surface area contributed by atoms with E-state index in [1.54, 1.807) is 0 Å². The fourth-order valence-electron chi connectivity index (χ4n) is 2.08. The van der Waals surface area contributed by atoms with Gasteiger partial charge in [-0.2, -0.15) is 0 Å². The second-order valence-electron chi connectivity index (χ2n) is 4.44. The van der Waals surface area contributed by atoms with E-state index in [0.29, 0.717) is 19.3 Å². The molecule has 0 aromatic heterocycles. The van der Waals surface area contributed by atoms with Crippen molar-refractivity contribution in [1.29, 1.82) is 0 Å². The van der Waals surface area contributed by atoms with Gasteiger partial charge in [0.1, 0.15) is 5.82 Å². The van der Waals surface area contributed by atoms with Gasteiger partial charge in [0.15, 0.2) is 0 Å². The summed E-state index contributed by atoms with van der Waals surface area (Å²) in [7, 11) is 0. The molecule has 17 heavy (non-hydrogen) atoms. The molecule has 1 aliphatic heterocycles. The lowest BCUT2D eigenvalue weighted by molar-refractivity contribution is 0.0909. The van der Waals surface area contributed by atoms with E-state index in [0.717, 1.165) is 16.6 Å². The summed E-state index contributed by atoms with van der Waals surface area (Å²) in [6.45, 7) is 2.25. The van der Waals surface area contributed by atoms with Crippen LogP contribution in [0.3, 0.4) is 0 Å². The van der Waals surface area contributed by atoms with Crippen molar-refractivity contribution in [2.45, 2.75) is 31.9 Å². The Labute approximate surface area is 110 Å². The average molecular weight is 302 g/mol. The van der Waals surface area contributed by atoms with E-state index in [-0.39, 0.29) is 5.82 Å². The summed E-state index contributed by atoms with van der Waals surface area (Å²) in [5.74, 6) is -0.228. The molecule has 94 valence electrons. The second kappa shape index (κ2) is 6.47. The van der Waals surface area contributed by atoms with Gasteiger partial charge >= 0.3 is 0 Å². The predicted octanol–water partition coefficient (Wildman–Crippen LogP) is 3.25. The zero-order valence-electron chi connectivity index (χ0n) is 9.72. The number of ether oxygens (including phenoxy) is 1. The van der Waals surface area contributed by atoms with Crippen LogP contribution < -0.4 is 5.32 Å². The third kappa shape index (κ3) is 4.37. The Bertz CT molecular complexity index is 346. The number of halogens is 2. The molecule has 2 rings (SSSR count). The predicted molar refractivity (Wildman–Crippen MR) is 69.4 cm³/mol. The molecule has 1 fully saturated rings. The fraction of sp³-hybridized carbons (Fsp3) is 0.538. The first-order valence-corrected chi connectivity index (χ1v) is 6.79. The van der Waals surface area contributed by atoms with Gasteiger partial charge in [0.2, 0.25) is 0 Å². The highest BCUT2D eigenvalue weighted by molar-refractivity contribution is 9.10. The monoisotopic (exact) mass is 301 g/mol. The summed E-state index contributed by atoms with van der Waals surface area (Å²) in [6.07, 6.45) is 3.70. The lowest BCUT2D eigenvalue weighted by Gasteiger charge is -2.23. The summed E-state index contributed by atoms with van der Waals surface area (Å²) < 4.78 is 19.5. The van der Waals surface area contributed by atoms with Crippen LogP contribution in [0.2, 0.25) is 0 Å². The van der Waals surface area contributed by atoms with Crippen LogP contribution in [0, 0.1) is 5.82 Å². The van der Waals surface area contributed by atoms with Crippen molar-refractivity contribution in [3.8, 4) is 0 Å². The first-order chi connectivity index (χ1) is 8.24. The molecular weight excluding hydrogens is 285 g/mol. The molecule has 1 heterocycles. The van der Waals surface area contributed by atoms with Crippen LogP contribution in [-0.4, -0.2) is 19.2 Å². The summed E-state index contributed by atoms with van der Waals surface area (Å²) in [6, 6.07) is 5.31. The molecule has 0 amide bonds. The van der Waals surface area contributed by atoms with Gasteiger partial charge in [-0.3, -0.25) is 0 Å². The molecule has 2 nitrogen and oxygen atoms in total. The molecule has 4 heteroatoms. The van der Waals surface area contributed by atoms with Gasteiger partial charge in [0.05, 0.1) is 13.2 Å². The Kier molecular flexibility index (Phi) is 4.95. The molecule has 1 unspecified atom stereocenters. The van der Waals surface area contributed by atoms with Crippen molar-refractivity contribution in [2.75, 3.05) is 13.2 Å². The van der Waals surface area contributed by atoms with E-state index >= 15 is 0 Å². The minimum absolute atomic E-state index is 0.228. The maximum absolute atomic E-state index is 13.1. The molecule has 1 aromatic carbocycles. The summed E-state index contributed by atoms with van der Waals surface area (Å²) in [5, 5.41) is 3.42. The topological polar surface area (TPSA) is 21.3 Å². The molecule has 0 saturated carbocycles. The van der Waals surface area contributed by atoms with E-state index in [1.165, 1.54) is 31.4 Å². The zero-order chi connectivity index (χ0) is 12.1. The molecule has 0 bridgehead atoms. The smallest absolute Gasteiger partial charge is 0.124 e. The Balaban J connectivity index is 1.77. The summed E-state index contributed by atoms with van der Waals surface area (Å²) in [4.78, 5) is 0. The Morgan fingerprint density at radius 2 is 2.24 bits per heavy atom. The van der Waals surface area contributed by atoms with Crippen molar-refractivity contribution < 1.29 is 9.13 Å². The molecule has 0 radical (unpaired) electrons. The lowest BCUT2D eigenvalue weighted by Crippen LogP contribution is -2.37. The van der Waals surface area contributed by atoms with Gasteiger partial charge in [0.25, 0.3) is 0 Å². The number of hydrogen-bond donors (Lipinski definition) is 1. The Morgan fingerprint density at radius 1 is 1.35 bits per heavy atom. The minimum Gasteiger partial charge on any atom is -0.375 e. The molecular formula is C13H17BrFNO. The van der Waals surface area contributed by atoms with Crippen molar-refractivity contribution in [2.24, 2.45) is 0 Å². The van der Waals surface area contributed by atoms with Crippen LogP contribution in [-0.2, 0) is 11.3 Å². The molecule has 1 aliphatic rings. The maximum Gasteiger partial charge on any atom is 0.124 e. The van der Waals surface area contributed by atoms with Crippen LogP contribution >= 0.6 is 15.9 Å². The number of rotatable bonds is 4. The Hall–Kier alpha value is -0.450. The third-order valence-corrected chi connectivity index (χ3v) is 3.38. The minimum atomic E-state index is -0.228. The fourth-order valence-corrected chi connectivity index (χ4v) is 2.59. The van der Waals surface area contributed by atoms with Gasteiger partial charge in [-0.25, -0.2) is 4.39 Å². The molecule has 1 N–H and O–H groups in total. The van der Waals surface area contributed by atoms with Crippen LogP contribution in [0.5, 0.6) is 0 Å². The second-order valence-corrected chi connectivity index (χ2v) is 5.36. The number of nitrogens with one attached hydrogen (secondary N) is 1. The molecule has 0 spiro atoms. The lowest BCUT2D eigenvalue weighted by atomic mass is 10.1. The van der Waals surface area contributed by atoms with E-state index < -0.39 is 0 Å². The SMILES string of the molecule is Fc1cc(Br)cc(COCC2CCCCN2)c1. The van der Waals surface area contributed by atoms with Gasteiger partial charge in [-0.1, -0.05) is 22.4 Å². The van der Waals surface area contributed by atoms with Crippen molar-refractivity contribution in [1.82, 2.24) is 5.32 Å². The number of benzene rings is 1. The van der Waals surface area contributed by atoms with Gasteiger partial charge in [-0.05, 0) is 43.1 Å². The highest BCUT2D eigenvalue weighted by Crippen LogP contribution is 2.16. The van der Waals surface area contributed by atoms with Crippen LogP contribution in [0.15, 0.2) is 22.7 Å². The summed E-state index contributed by atoms with van der Waals surface area (Å²) >= 11 is 3.27. The number of hydrogen-bond acceptors (Lipinski definition) is 2. The first-order valence-electron chi connectivity index (χ1n) is 6.00.